The Morgan fingerprint density at radius 2 is 2.27 bits per heavy atom. The van der Waals surface area contributed by atoms with Gasteiger partial charge in [0.1, 0.15) is 11.3 Å². The van der Waals surface area contributed by atoms with Crippen LogP contribution in [0.3, 0.4) is 0 Å². The molecule has 0 unspecified atom stereocenters. The summed E-state index contributed by atoms with van der Waals surface area (Å²) in [6, 6.07) is 6.45. The average Bonchev–Trinajstić information content (AvgIpc) is 3.00. The molecule has 0 spiro atoms. The largest absolute Gasteiger partial charge is 0.494 e. The molecule has 2 aromatic rings. The van der Waals surface area contributed by atoms with Crippen molar-refractivity contribution in [3.05, 3.63) is 23.5 Å². The van der Waals surface area contributed by atoms with E-state index in [1.54, 1.807) is 7.11 Å². The molecule has 1 saturated carbocycles. The molecule has 1 aliphatic carbocycles. The number of rotatable bonds is 2. The number of hydrogen-bond acceptors (Lipinski definition) is 2. The monoisotopic (exact) mass is 222 g/mol. The lowest BCUT2D eigenvalue weighted by Crippen LogP contribution is -1.93. The quantitative estimate of drug-likeness (QED) is 0.781. The van der Waals surface area contributed by atoms with E-state index in [0.29, 0.717) is 11.3 Å². The number of fused-ring (bicyclic) bond motifs is 1. The molecule has 4 heteroatoms. The maximum absolute atomic E-state index is 6.13. The minimum atomic E-state index is 0.537. The summed E-state index contributed by atoms with van der Waals surface area (Å²) < 4.78 is 7.36. The lowest BCUT2D eigenvalue weighted by atomic mass is 10.3. The Kier molecular flexibility index (Phi) is 1.89. The molecule has 15 heavy (non-hydrogen) atoms. The molecule has 3 rings (SSSR count). The first-order valence-corrected chi connectivity index (χ1v) is 5.39. The van der Waals surface area contributed by atoms with E-state index in [2.05, 4.69) is 9.55 Å². The van der Waals surface area contributed by atoms with Crippen LogP contribution >= 0.6 is 11.6 Å². The summed E-state index contributed by atoms with van der Waals surface area (Å²) >= 11 is 6.13. The lowest BCUT2D eigenvalue weighted by molar-refractivity contribution is 0.419. The van der Waals surface area contributed by atoms with Crippen molar-refractivity contribution in [1.82, 2.24) is 9.55 Å². The van der Waals surface area contributed by atoms with Gasteiger partial charge in [-0.05, 0) is 36.6 Å². The molecule has 1 fully saturated rings. The van der Waals surface area contributed by atoms with Gasteiger partial charge in [-0.2, -0.15) is 0 Å². The highest BCUT2D eigenvalue weighted by molar-refractivity contribution is 6.29. The molecule has 0 aliphatic heterocycles. The summed E-state index contributed by atoms with van der Waals surface area (Å²) in [4.78, 5) is 4.35. The zero-order valence-electron chi connectivity index (χ0n) is 8.40. The van der Waals surface area contributed by atoms with Gasteiger partial charge in [0.2, 0.25) is 5.28 Å². The summed E-state index contributed by atoms with van der Waals surface area (Å²) in [5.74, 6) is 0.786. The van der Waals surface area contributed by atoms with Crippen molar-refractivity contribution in [2.75, 3.05) is 7.11 Å². The van der Waals surface area contributed by atoms with Crippen molar-refractivity contribution in [2.24, 2.45) is 0 Å². The number of benzene rings is 1. The second-order valence-electron chi connectivity index (χ2n) is 3.81. The molecule has 0 radical (unpaired) electrons. The molecule has 1 aromatic carbocycles. The van der Waals surface area contributed by atoms with Crippen LogP contribution in [-0.4, -0.2) is 16.7 Å². The Morgan fingerprint density at radius 3 is 2.93 bits per heavy atom. The first-order valence-electron chi connectivity index (χ1n) is 5.01. The van der Waals surface area contributed by atoms with Crippen molar-refractivity contribution in [1.29, 1.82) is 0 Å². The number of hydrogen-bond donors (Lipinski definition) is 0. The molecule has 1 aromatic heterocycles. The van der Waals surface area contributed by atoms with E-state index in [9.17, 15) is 0 Å². The third kappa shape index (κ3) is 1.30. The summed E-state index contributed by atoms with van der Waals surface area (Å²) in [6.45, 7) is 0. The molecule has 0 amide bonds. The van der Waals surface area contributed by atoms with Crippen LogP contribution in [0, 0.1) is 0 Å². The second-order valence-corrected chi connectivity index (χ2v) is 4.15. The molecular formula is C11H11ClN2O. The topological polar surface area (TPSA) is 27.1 Å². The average molecular weight is 223 g/mol. The van der Waals surface area contributed by atoms with Gasteiger partial charge in [0.05, 0.1) is 12.6 Å². The van der Waals surface area contributed by atoms with Crippen LogP contribution in [0.5, 0.6) is 5.75 Å². The number of para-hydroxylation sites is 1. The summed E-state index contributed by atoms with van der Waals surface area (Å²) in [5, 5.41) is 0.567. The predicted molar refractivity (Wildman–Crippen MR) is 59.6 cm³/mol. The highest BCUT2D eigenvalue weighted by atomic mass is 35.5. The maximum atomic E-state index is 6.13. The molecule has 78 valence electrons. The Hall–Kier alpha value is -1.22. The highest BCUT2D eigenvalue weighted by Gasteiger charge is 2.28. The highest BCUT2D eigenvalue weighted by Crippen LogP contribution is 2.41. The van der Waals surface area contributed by atoms with Crippen molar-refractivity contribution in [3.63, 3.8) is 0 Å². The summed E-state index contributed by atoms with van der Waals surface area (Å²) in [5.41, 5.74) is 1.93. The van der Waals surface area contributed by atoms with Crippen LogP contribution in [0.2, 0.25) is 5.28 Å². The standard InChI is InChI=1S/C11H11ClN2O/c1-15-9-4-2-3-8-10(9)13-11(12)14(8)7-5-6-7/h2-4,7H,5-6H2,1H3. The van der Waals surface area contributed by atoms with Gasteiger partial charge < -0.3 is 9.30 Å². The third-order valence-corrected chi connectivity index (χ3v) is 3.04. The Bertz CT molecular complexity index is 517. The Labute approximate surface area is 92.6 Å². The van der Waals surface area contributed by atoms with Gasteiger partial charge in [-0.3, -0.25) is 0 Å². The van der Waals surface area contributed by atoms with Gasteiger partial charge >= 0.3 is 0 Å². The molecule has 1 aliphatic rings. The molecular weight excluding hydrogens is 212 g/mol. The van der Waals surface area contributed by atoms with E-state index in [4.69, 9.17) is 16.3 Å². The van der Waals surface area contributed by atoms with E-state index >= 15 is 0 Å². The van der Waals surface area contributed by atoms with Crippen LogP contribution in [0.25, 0.3) is 11.0 Å². The fraction of sp³-hybridized carbons (Fsp3) is 0.364. The van der Waals surface area contributed by atoms with Crippen LogP contribution in [0.1, 0.15) is 18.9 Å². The first-order chi connectivity index (χ1) is 7.31. The van der Waals surface area contributed by atoms with Gasteiger partial charge in [-0.25, -0.2) is 4.98 Å². The summed E-state index contributed by atoms with van der Waals surface area (Å²) in [6.07, 6.45) is 2.39. The fourth-order valence-corrected chi connectivity index (χ4v) is 2.22. The number of imidazole rings is 1. The lowest BCUT2D eigenvalue weighted by Gasteiger charge is -2.03. The van der Waals surface area contributed by atoms with Crippen molar-refractivity contribution in [2.45, 2.75) is 18.9 Å². The fourth-order valence-electron chi connectivity index (χ4n) is 1.91. The van der Waals surface area contributed by atoms with Crippen LogP contribution < -0.4 is 4.74 Å². The van der Waals surface area contributed by atoms with Gasteiger partial charge in [0.15, 0.2) is 0 Å². The van der Waals surface area contributed by atoms with E-state index in [1.807, 2.05) is 18.2 Å². The van der Waals surface area contributed by atoms with Crippen molar-refractivity contribution in [3.8, 4) is 5.75 Å². The van der Waals surface area contributed by atoms with Crippen LogP contribution in [0.4, 0.5) is 0 Å². The minimum absolute atomic E-state index is 0.537. The Balaban J connectivity index is 2.31. The zero-order chi connectivity index (χ0) is 10.4. The number of methoxy groups -OCH3 is 1. The van der Waals surface area contributed by atoms with Gasteiger partial charge in [0.25, 0.3) is 0 Å². The molecule has 3 nitrogen and oxygen atoms in total. The van der Waals surface area contributed by atoms with E-state index < -0.39 is 0 Å². The Morgan fingerprint density at radius 1 is 1.47 bits per heavy atom. The number of nitrogens with zero attached hydrogens (tertiary/aromatic N) is 2. The van der Waals surface area contributed by atoms with Crippen LogP contribution in [-0.2, 0) is 0 Å². The zero-order valence-corrected chi connectivity index (χ0v) is 9.16. The minimum Gasteiger partial charge on any atom is -0.494 e. The maximum Gasteiger partial charge on any atom is 0.204 e. The van der Waals surface area contributed by atoms with E-state index in [1.165, 1.54) is 12.8 Å². The number of ether oxygens (including phenoxy) is 1. The molecule has 0 bridgehead atoms. The second kappa shape index (κ2) is 3.14. The smallest absolute Gasteiger partial charge is 0.204 e. The summed E-state index contributed by atoms with van der Waals surface area (Å²) in [7, 11) is 1.65. The van der Waals surface area contributed by atoms with Gasteiger partial charge in [-0.1, -0.05) is 6.07 Å². The van der Waals surface area contributed by atoms with E-state index in [0.717, 1.165) is 16.8 Å². The van der Waals surface area contributed by atoms with Gasteiger partial charge in [0, 0.05) is 6.04 Å². The van der Waals surface area contributed by atoms with Gasteiger partial charge in [-0.15, -0.1) is 0 Å². The van der Waals surface area contributed by atoms with Crippen LogP contribution in [0.15, 0.2) is 18.2 Å². The number of halogens is 1. The number of aromatic nitrogens is 2. The normalized spacial score (nSPS) is 15.9. The molecule has 1 heterocycles. The molecule has 0 N–H and O–H groups in total. The molecule has 0 atom stereocenters. The van der Waals surface area contributed by atoms with Crippen molar-refractivity contribution < 1.29 is 4.74 Å². The first kappa shape index (κ1) is 9.04. The molecule has 0 saturated heterocycles. The van der Waals surface area contributed by atoms with Crippen molar-refractivity contribution >= 4 is 22.6 Å². The SMILES string of the molecule is COc1cccc2c1nc(Cl)n2C1CC1. The predicted octanol–water partition coefficient (Wildman–Crippen LogP) is 3.03. The third-order valence-electron chi connectivity index (χ3n) is 2.77. The van der Waals surface area contributed by atoms with E-state index in [-0.39, 0.29) is 0 Å².